The molecule has 0 saturated carbocycles. The van der Waals surface area contributed by atoms with E-state index in [-0.39, 0.29) is 31.4 Å². The molecule has 1 aromatic carbocycles. The summed E-state index contributed by atoms with van der Waals surface area (Å²) in [7, 11) is 0. The minimum Gasteiger partial charge on any atom is -0.463 e. The van der Waals surface area contributed by atoms with Gasteiger partial charge in [-0.05, 0) is 38.0 Å². The highest BCUT2D eigenvalue weighted by Gasteiger charge is 2.37. The van der Waals surface area contributed by atoms with Crippen molar-refractivity contribution in [2.24, 2.45) is 0 Å². The summed E-state index contributed by atoms with van der Waals surface area (Å²) < 4.78 is 5.22. The first kappa shape index (κ1) is 21.0. The van der Waals surface area contributed by atoms with Crippen molar-refractivity contribution in [1.82, 2.24) is 10.2 Å². The van der Waals surface area contributed by atoms with E-state index in [4.69, 9.17) is 16.3 Å². The first-order valence-corrected chi connectivity index (χ1v) is 9.47. The van der Waals surface area contributed by atoms with Crippen LogP contribution in [0.25, 0.3) is 0 Å². The summed E-state index contributed by atoms with van der Waals surface area (Å²) in [5.74, 6) is -1.35. The third-order valence-electron chi connectivity index (χ3n) is 4.46. The molecular weight excluding hydrogens is 368 g/mol. The molecule has 1 atom stereocenters. The summed E-state index contributed by atoms with van der Waals surface area (Å²) in [6.45, 7) is 6.03. The lowest BCUT2D eigenvalue weighted by atomic mass is 9.83. The maximum Gasteiger partial charge on any atom is 0.336 e. The second-order valence-electron chi connectivity index (χ2n) is 6.36. The van der Waals surface area contributed by atoms with E-state index in [2.05, 4.69) is 5.32 Å². The van der Waals surface area contributed by atoms with Crippen molar-refractivity contribution in [2.45, 2.75) is 39.5 Å². The maximum absolute atomic E-state index is 12.7. The molecule has 1 N–H and O–H groups in total. The number of nitrogens with one attached hydrogen (secondary N) is 1. The Hall–Kier alpha value is -2.34. The molecule has 1 aliphatic heterocycles. The van der Waals surface area contributed by atoms with Gasteiger partial charge in [0.05, 0.1) is 12.2 Å². The van der Waals surface area contributed by atoms with Gasteiger partial charge >= 0.3 is 5.97 Å². The van der Waals surface area contributed by atoms with E-state index < -0.39 is 11.9 Å². The monoisotopic (exact) mass is 392 g/mol. The number of carbonyl (C=O) groups is 3. The topological polar surface area (TPSA) is 75.7 Å². The van der Waals surface area contributed by atoms with Gasteiger partial charge in [0.15, 0.2) is 0 Å². The number of hydrogen-bond donors (Lipinski definition) is 1. The number of allylic oxidation sites excluding steroid dienone is 1. The summed E-state index contributed by atoms with van der Waals surface area (Å²) >= 11 is 5.96. The molecule has 0 aromatic heterocycles. The molecule has 2 rings (SSSR count). The number of carbonyl (C=O) groups excluding carboxylic acids is 3. The smallest absolute Gasteiger partial charge is 0.336 e. The number of benzene rings is 1. The average Bonchev–Trinajstić information content (AvgIpc) is 2.63. The predicted octanol–water partition coefficient (Wildman–Crippen LogP) is 3.02. The van der Waals surface area contributed by atoms with Crippen LogP contribution in [-0.4, -0.2) is 42.4 Å². The molecule has 1 aromatic rings. The van der Waals surface area contributed by atoms with Crippen LogP contribution >= 0.6 is 11.6 Å². The van der Waals surface area contributed by atoms with Gasteiger partial charge in [-0.2, -0.15) is 0 Å². The third kappa shape index (κ3) is 5.10. The van der Waals surface area contributed by atoms with Crippen molar-refractivity contribution in [2.75, 3.05) is 19.7 Å². The molecule has 1 aliphatic rings. The Bertz CT molecular complexity index is 743. The number of ether oxygens (including phenoxy) is 1. The number of nitrogens with zero attached hydrogens (tertiary/aromatic N) is 1. The Morgan fingerprint density at radius 1 is 1.26 bits per heavy atom. The van der Waals surface area contributed by atoms with Crippen LogP contribution in [0.5, 0.6) is 0 Å². The van der Waals surface area contributed by atoms with E-state index in [0.29, 0.717) is 22.8 Å². The van der Waals surface area contributed by atoms with Gasteiger partial charge in [0.2, 0.25) is 11.8 Å². The number of esters is 1. The van der Waals surface area contributed by atoms with Crippen LogP contribution < -0.4 is 5.32 Å². The van der Waals surface area contributed by atoms with Crippen LogP contribution in [0.3, 0.4) is 0 Å². The quantitative estimate of drug-likeness (QED) is 0.724. The molecule has 0 bridgehead atoms. The minimum absolute atomic E-state index is 0.0914. The largest absolute Gasteiger partial charge is 0.463 e. The Kier molecular flexibility index (Phi) is 7.42. The predicted molar refractivity (Wildman–Crippen MR) is 103 cm³/mol. The van der Waals surface area contributed by atoms with Gasteiger partial charge in [-0.25, -0.2) is 4.79 Å². The zero-order valence-corrected chi connectivity index (χ0v) is 16.6. The number of amides is 2. The van der Waals surface area contributed by atoms with Gasteiger partial charge in [-0.15, -0.1) is 0 Å². The van der Waals surface area contributed by atoms with Crippen LogP contribution in [-0.2, 0) is 19.1 Å². The van der Waals surface area contributed by atoms with Gasteiger partial charge in [0.25, 0.3) is 0 Å². The molecule has 0 spiro atoms. The lowest BCUT2D eigenvalue weighted by Gasteiger charge is -2.34. The normalized spacial score (nSPS) is 17.1. The van der Waals surface area contributed by atoms with Crippen LogP contribution in [0.1, 0.15) is 45.1 Å². The lowest BCUT2D eigenvalue weighted by Crippen LogP contribution is -2.44. The van der Waals surface area contributed by atoms with Crippen molar-refractivity contribution in [1.29, 1.82) is 0 Å². The molecule has 6 nitrogen and oxygen atoms in total. The van der Waals surface area contributed by atoms with Crippen molar-refractivity contribution >= 4 is 29.4 Å². The highest BCUT2D eigenvalue weighted by molar-refractivity contribution is 6.30. The average molecular weight is 393 g/mol. The Morgan fingerprint density at radius 3 is 2.52 bits per heavy atom. The Morgan fingerprint density at radius 2 is 1.93 bits per heavy atom. The summed E-state index contributed by atoms with van der Waals surface area (Å²) in [4.78, 5) is 38.8. The fourth-order valence-corrected chi connectivity index (χ4v) is 3.25. The number of halogens is 1. The van der Waals surface area contributed by atoms with E-state index in [1.807, 2.05) is 6.92 Å². The van der Waals surface area contributed by atoms with Crippen LogP contribution in [0.4, 0.5) is 0 Å². The molecule has 146 valence electrons. The first-order chi connectivity index (χ1) is 12.9. The maximum atomic E-state index is 12.7. The Labute approximate surface area is 164 Å². The first-order valence-electron chi connectivity index (χ1n) is 9.09. The zero-order valence-electron chi connectivity index (χ0n) is 15.9. The molecule has 0 fully saturated rings. The zero-order chi connectivity index (χ0) is 20.0. The van der Waals surface area contributed by atoms with Crippen molar-refractivity contribution < 1.29 is 19.1 Å². The van der Waals surface area contributed by atoms with Gasteiger partial charge in [-0.3, -0.25) is 9.59 Å². The summed E-state index contributed by atoms with van der Waals surface area (Å²) in [6.07, 6.45) is 0.898. The van der Waals surface area contributed by atoms with Crippen LogP contribution in [0.2, 0.25) is 5.02 Å². The van der Waals surface area contributed by atoms with E-state index in [1.54, 1.807) is 38.1 Å². The Balaban J connectivity index is 2.39. The summed E-state index contributed by atoms with van der Waals surface area (Å²) in [5, 5.41) is 3.33. The van der Waals surface area contributed by atoms with Gasteiger partial charge < -0.3 is 15.0 Å². The SMILES string of the molecule is CCCNC(=O)CN1C(=O)C[C@H](c2ccc(Cl)cc2)C(C(=O)OCC)=C1C. The van der Waals surface area contributed by atoms with Crippen LogP contribution in [0.15, 0.2) is 35.5 Å². The van der Waals surface area contributed by atoms with Crippen molar-refractivity contribution in [3.05, 3.63) is 46.1 Å². The third-order valence-corrected chi connectivity index (χ3v) is 4.72. The van der Waals surface area contributed by atoms with Gasteiger partial charge in [-0.1, -0.05) is 30.7 Å². The molecule has 0 aliphatic carbocycles. The molecule has 2 amide bonds. The van der Waals surface area contributed by atoms with Gasteiger partial charge in [0.1, 0.15) is 6.54 Å². The minimum atomic E-state index is -0.471. The second-order valence-corrected chi connectivity index (χ2v) is 6.79. The van der Waals surface area contributed by atoms with E-state index in [1.165, 1.54) is 4.90 Å². The highest BCUT2D eigenvalue weighted by Crippen LogP contribution is 2.37. The molecule has 7 heteroatoms. The van der Waals surface area contributed by atoms with E-state index in [0.717, 1.165) is 12.0 Å². The fourth-order valence-electron chi connectivity index (χ4n) is 3.12. The van der Waals surface area contributed by atoms with Crippen LogP contribution in [0, 0.1) is 0 Å². The molecule has 0 saturated heterocycles. The van der Waals surface area contributed by atoms with Crippen molar-refractivity contribution in [3.63, 3.8) is 0 Å². The molecular formula is C20H25ClN2O4. The summed E-state index contributed by atoms with van der Waals surface area (Å²) in [6, 6.07) is 7.06. The highest BCUT2D eigenvalue weighted by atomic mass is 35.5. The fraction of sp³-hybridized carbons (Fsp3) is 0.450. The summed E-state index contributed by atoms with van der Waals surface area (Å²) in [5.41, 5.74) is 1.67. The lowest BCUT2D eigenvalue weighted by molar-refractivity contribution is -0.141. The van der Waals surface area contributed by atoms with Gasteiger partial charge in [0, 0.05) is 29.6 Å². The molecule has 1 heterocycles. The van der Waals surface area contributed by atoms with E-state index in [9.17, 15) is 14.4 Å². The number of hydrogen-bond acceptors (Lipinski definition) is 4. The molecule has 27 heavy (non-hydrogen) atoms. The molecule has 0 unspecified atom stereocenters. The molecule has 0 radical (unpaired) electrons. The van der Waals surface area contributed by atoms with E-state index >= 15 is 0 Å². The van der Waals surface area contributed by atoms with Crippen molar-refractivity contribution in [3.8, 4) is 0 Å². The second kappa shape index (κ2) is 9.55. The number of rotatable bonds is 7. The standard InChI is InChI=1S/C20H25ClN2O4/c1-4-10-22-17(24)12-23-13(3)19(20(26)27-5-2)16(11-18(23)25)14-6-8-15(21)9-7-14/h6-9,16H,4-5,10-12H2,1-3H3,(H,22,24)/t16-/m1/s1.